The summed E-state index contributed by atoms with van der Waals surface area (Å²) < 4.78 is 60.5. The summed E-state index contributed by atoms with van der Waals surface area (Å²) in [5, 5.41) is 24.7. The van der Waals surface area contributed by atoms with Crippen LogP contribution in [0.4, 0.5) is 5.69 Å². The van der Waals surface area contributed by atoms with Crippen LogP contribution in [0, 0.1) is 5.92 Å². The topological polar surface area (TPSA) is 167 Å². The highest BCUT2D eigenvalue weighted by Crippen LogP contribution is 2.30. The van der Waals surface area contributed by atoms with Crippen LogP contribution in [-0.2, 0) is 36.0 Å². The van der Waals surface area contributed by atoms with Gasteiger partial charge >= 0.3 is 5.97 Å². The number of carbonyl (C=O) groups excluding carboxylic acids is 1. The number of carbonyl (C=O) groups is 1. The fourth-order valence-corrected chi connectivity index (χ4v) is 7.73. The molecule has 0 aliphatic carbocycles. The summed E-state index contributed by atoms with van der Waals surface area (Å²) in [5.41, 5.74) is 2.92. The number of aliphatic hydroxyl groups excluding tert-OH is 1. The first-order valence-electron chi connectivity index (χ1n) is 14.8. The molecule has 1 saturated heterocycles. The van der Waals surface area contributed by atoms with Crippen molar-refractivity contribution in [2.45, 2.75) is 30.3 Å². The maximum absolute atomic E-state index is 13.5. The van der Waals surface area contributed by atoms with Gasteiger partial charge in [0.25, 0.3) is 0 Å². The van der Waals surface area contributed by atoms with Gasteiger partial charge in [0.15, 0.2) is 0 Å². The summed E-state index contributed by atoms with van der Waals surface area (Å²) in [5.74, 6) is -0.368. The Balaban J connectivity index is 1.16. The lowest BCUT2D eigenvalue weighted by Crippen LogP contribution is -2.41. The number of phenolic OH excluding ortho intramolecular Hbond substituents is 1. The second-order valence-electron chi connectivity index (χ2n) is 11.5. The zero-order valence-electron chi connectivity index (χ0n) is 25.6. The minimum Gasteiger partial charge on any atom is -0.506 e. The van der Waals surface area contributed by atoms with Crippen LogP contribution in [0.1, 0.15) is 30.1 Å². The van der Waals surface area contributed by atoms with Gasteiger partial charge in [0.05, 0.1) is 42.0 Å². The predicted octanol–water partition coefficient (Wildman–Crippen LogP) is 3.15. The summed E-state index contributed by atoms with van der Waals surface area (Å²) in [6, 6.07) is 18.7. The molecule has 3 aromatic carbocycles. The average molecular weight is 671 g/mol. The van der Waals surface area contributed by atoms with Gasteiger partial charge in [0, 0.05) is 36.9 Å². The molecule has 1 aliphatic heterocycles. The van der Waals surface area contributed by atoms with Gasteiger partial charge in [-0.3, -0.25) is 9.52 Å². The summed E-state index contributed by atoms with van der Waals surface area (Å²) in [6.45, 7) is 1.52. The first-order valence-corrected chi connectivity index (χ1v) is 18.1. The Morgan fingerprint density at radius 1 is 1.02 bits per heavy atom. The number of aromatic hydroxyl groups is 1. The van der Waals surface area contributed by atoms with E-state index in [1.165, 1.54) is 29.6 Å². The number of methoxy groups -OCH3 is 1. The van der Waals surface area contributed by atoms with Crippen molar-refractivity contribution in [3.05, 3.63) is 84.1 Å². The summed E-state index contributed by atoms with van der Waals surface area (Å²) in [6.07, 6.45) is 3.35. The average Bonchev–Trinajstić information content (AvgIpc) is 3.39. The minimum absolute atomic E-state index is 0.00902. The maximum Gasteiger partial charge on any atom is 0.310 e. The first kappa shape index (κ1) is 33.4. The number of esters is 1. The van der Waals surface area contributed by atoms with Crippen LogP contribution in [0.3, 0.4) is 0 Å². The number of rotatable bonds is 12. The number of aliphatic hydroxyl groups is 1. The quantitative estimate of drug-likeness (QED) is 0.131. The van der Waals surface area contributed by atoms with E-state index in [-0.39, 0.29) is 41.2 Å². The van der Waals surface area contributed by atoms with Crippen LogP contribution in [0.15, 0.2) is 77.8 Å². The van der Waals surface area contributed by atoms with Crippen molar-refractivity contribution in [2.24, 2.45) is 5.92 Å². The molecule has 14 heteroatoms. The molecular formula is C32H38N4O8S2. The van der Waals surface area contributed by atoms with E-state index < -0.39 is 26.2 Å². The maximum atomic E-state index is 13.5. The Kier molecular flexibility index (Phi) is 10.0. The molecule has 5 rings (SSSR count). The number of phenols is 1. The van der Waals surface area contributed by atoms with Gasteiger partial charge in [-0.25, -0.2) is 16.8 Å². The van der Waals surface area contributed by atoms with Gasteiger partial charge < -0.3 is 24.8 Å². The number of hydrogen-bond acceptors (Lipinski definition) is 9. The minimum atomic E-state index is -3.70. The van der Waals surface area contributed by atoms with Crippen molar-refractivity contribution >= 4 is 42.6 Å². The summed E-state index contributed by atoms with van der Waals surface area (Å²) in [7, 11) is -5.94. The molecule has 0 unspecified atom stereocenters. The fraction of sp³-hybridized carbons (Fsp3) is 0.344. The van der Waals surface area contributed by atoms with Crippen molar-refractivity contribution in [3.63, 3.8) is 0 Å². The number of sulfonamides is 2. The lowest BCUT2D eigenvalue weighted by molar-refractivity contribution is -0.139. The Bertz CT molecular complexity index is 1920. The largest absolute Gasteiger partial charge is 0.506 e. The standard InChI is InChI=1S/C32H38N4O8S2/c1-44-32(39)18-24-21-36(29-6-4-3-5-27(24)29)25-8-10-26(11-9-25)46(42,43)35-15-13-22(14-16-35)19-33-20-31(38)23-7-12-30(37)28(17-23)34-45(2,40)41/h3-12,17,21-22,31,33-34,37-38H,13-16,18-20H2,1-2H3/t31-/m0/s1. The zero-order chi connectivity index (χ0) is 33.1. The van der Waals surface area contributed by atoms with Crippen LogP contribution in [0.2, 0.25) is 0 Å². The van der Waals surface area contributed by atoms with E-state index in [1.807, 2.05) is 35.0 Å². The van der Waals surface area contributed by atoms with Crippen molar-refractivity contribution < 1.29 is 36.6 Å². The predicted molar refractivity (Wildman–Crippen MR) is 175 cm³/mol. The molecule has 4 aromatic rings. The third-order valence-electron chi connectivity index (χ3n) is 8.15. The number of anilines is 1. The highest BCUT2D eigenvalue weighted by molar-refractivity contribution is 7.92. The molecule has 1 atom stereocenters. The normalized spacial score (nSPS) is 15.5. The van der Waals surface area contributed by atoms with Gasteiger partial charge in [0.2, 0.25) is 20.0 Å². The lowest BCUT2D eigenvalue weighted by Gasteiger charge is -2.31. The van der Waals surface area contributed by atoms with Crippen molar-refractivity contribution in [2.75, 3.05) is 44.3 Å². The molecule has 0 amide bonds. The number of piperidine rings is 1. The number of aromatic nitrogens is 1. The first-order chi connectivity index (χ1) is 21.9. The number of nitrogens with one attached hydrogen (secondary N) is 2. The van der Waals surface area contributed by atoms with Crippen LogP contribution < -0.4 is 10.0 Å². The Morgan fingerprint density at radius 2 is 1.72 bits per heavy atom. The van der Waals surface area contributed by atoms with Crippen LogP contribution >= 0.6 is 0 Å². The highest BCUT2D eigenvalue weighted by Gasteiger charge is 2.29. The Morgan fingerprint density at radius 3 is 2.39 bits per heavy atom. The highest BCUT2D eigenvalue weighted by atomic mass is 32.2. The van der Waals surface area contributed by atoms with E-state index in [0.29, 0.717) is 38.0 Å². The second-order valence-corrected chi connectivity index (χ2v) is 15.1. The summed E-state index contributed by atoms with van der Waals surface area (Å²) >= 11 is 0. The van der Waals surface area contributed by atoms with Gasteiger partial charge in [-0.05, 0) is 78.9 Å². The molecule has 12 nitrogen and oxygen atoms in total. The molecule has 1 aliphatic rings. The molecular weight excluding hydrogens is 633 g/mol. The van der Waals surface area contributed by atoms with E-state index in [1.54, 1.807) is 24.3 Å². The zero-order valence-corrected chi connectivity index (χ0v) is 27.2. The van der Waals surface area contributed by atoms with Crippen molar-refractivity contribution in [3.8, 4) is 11.4 Å². The van der Waals surface area contributed by atoms with Gasteiger partial charge in [0.1, 0.15) is 5.75 Å². The van der Waals surface area contributed by atoms with Crippen LogP contribution in [-0.4, -0.2) is 81.4 Å². The van der Waals surface area contributed by atoms with Crippen molar-refractivity contribution in [1.82, 2.24) is 14.2 Å². The van der Waals surface area contributed by atoms with Gasteiger partial charge in [-0.15, -0.1) is 0 Å². The third-order valence-corrected chi connectivity index (χ3v) is 10.7. The molecule has 246 valence electrons. The van der Waals surface area contributed by atoms with E-state index >= 15 is 0 Å². The van der Waals surface area contributed by atoms with E-state index in [9.17, 15) is 31.8 Å². The number of benzene rings is 3. The Labute approximate surface area is 268 Å². The smallest absolute Gasteiger partial charge is 0.310 e. The molecule has 0 spiro atoms. The monoisotopic (exact) mass is 670 g/mol. The van der Waals surface area contributed by atoms with Gasteiger partial charge in [-0.1, -0.05) is 24.3 Å². The molecule has 46 heavy (non-hydrogen) atoms. The van der Waals surface area contributed by atoms with E-state index in [2.05, 4.69) is 10.0 Å². The lowest BCUT2D eigenvalue weighted by atomic mass is 9.98. The molecule has 0 saturated carbocycles. The fourth-order valence-electron chi connectivity index (χ4n) is 5.70. The van der Waals surface area contributed by atoms with E-state index in [4.69, 9.17) is 4.74 Å². The van der Waals surface area contributed by atoms with E-state index in [0.717, 1.165) is 28.4 Å². The van der Waals surface area contributed by atoms with Crippen molar-refractivity contribution in [1.29, 1.82) is 0 Å². The second kappa shape index (κ2) is 13.8. The molecule has 1 aromatic heterocycles. The number of fused-ring (bicyclic) bond motifs is 1. The molecule has 1 fully saturated rings. The third kappa shape index (κ3) is 7.70. The van der Waals surface area contributed by atoms with Crippen LogP contribution in [0.5, 0.6) is 5.75 Å². The number of hydrogen-bond donors (Lipinski definition) is 4. The van der Waals surface area contributed by atoms with Crippen LogP contribution in [0.25, 0.3) is 16.6 Å². The molecule has 0 bridgehead atoms. The van der Waals surface area contributed by atoms with Gasteiger partial charge in [-0.2, -0.15) is 4.31 Å². The SMILES string of the molecule is COC(=O)Cc1cn(-c2ccc(S(=O)(=O)N3CCC(CNC[C@H](O)c4ccc(O)c(NS(C)(=O)=O)c4)CC3)cc2)c2ccccc12. The molecule has 2 heterocycles. The number of ether oxygens (including phenoxy) is 1. The molecule has 0 radical (unpaired) electrons. The Hall–Kier alpha value is -3.95. The number of nitrogens with zero attached hydrogens (tertiary/aromatic N) is 2. The summed E-state index contributed by atoms with van der Waals surface area (Å²) in [4.78, 5) is 12.2. The molecule has 4 N–H and O–H groups in total. The number of para-hydroxylation sites is 1.